The molecule has 0 aliphatic carbocycles. The van der Waals surface area contributed by atoms with E-state index >= 15 is 0 Å². The average molecular weight is 354 g/mol. The van der Waals surface area contributed by atoms with Crippen molar-refractivity contribution in [3.8, 4) is 0 Å². The third-order valence-electron chi connectivity index (χ3n) is 3.79. The van der Waals surface area contributed by atoms with E-state index in [4.69, 9.17) is 14.9 Å². The van der Waals surface area contributed by atoms with Crippen molar-refractivity contribution >= 4 is 13.8 Å². The van der Waals surface area contributed by atoms with E-state index in [9.17, 15) is 14.5 Å². The molecule has 0 aromatic carbocycles. The van der Waals surface area contributed by atoms with E-state index in [1.807, 2.05) is 0 Å². The zero-order valence-corrected chi connectivity index (χ0v) is 14.8. The molecule has 0 aromatic rings. The molecule has 0 bridgehead atoms. The van der Waals surface area contributed by atoms with Gasteiger partial charge in [0, 0.05) is 0 Å². The van der Waals surface area contributed by atoms with E-state index in [1.165, 1.54) is 32.1 Å². The Morgan fingerprint density at radius 3 is 1.78 bits per heavy atom. The van der Waals surface area contributed by atoms with Crippen LogP contribution in [0.1, 0.15) is 77.6 Å². The Labute approximate surface area is 138 Å². The third-order valence-corrected chi connectivity index (χ3v) is 4.19. The van der Waals surface area contributed by atoms with Crippen LogP contribution in [0.25, 0.3) is 0 Å². The Balaban J connectivity index is 3.83. The summed E-state index contributed by atoms with van der Waals surface area (Å²) in [5.41, 5.74) is -2.25. The van der Waals surface area contributed by atoms with Crippen LogP contribution >= 0.6 is 7.82 Å². The maximum absolute atomic E-state index is 11.5. The van der Waals surface area contributed by atoms with Crippen molar-refractivity contribution < 1.29 is 33.9 Å². The molecule has 0 aliphatic heterocycles. The number of phosphoric acid groups is 1. The Morgan fingerprint density at radius 2 is 1.39 bits per heavy atom. The first-order valence-corrected chi connectivity index (χ1v) is 9.91. The molecule has 4 N–H and O–H groups in total. The highest BCUT2D eigenvalue weighted by Crippen LogP contribution is 2.38. The van der Waals surface area contributed by atoms with Gasteiger partial charge in [0.25, 0.3) is 0 Å². The van der Waals surface area contributed by atoms with Gasteiger partial charge in [-0.2, -0.15) is 0 Å². The summed E-state index contributed by atoms with van der Waals surface area (Å²) in [6, 6.07) is 0. The highest BCUT2D eigenvalue weighted by molar-refractivity contribution is 7.46. The van der Waals surface area contributed by atoms with E-state index in [0.717, 1.165) is 25.7 Å². The molecule has 0 saturated carbocycles. The number of hydrogen-bond acceptors (Lipinski definition) is 5. The molecule has 0 aliphatic rings. The number of hydrogen-bond donors (Lipinski definition) is 4. The van der Waals surface area contributed by atoms with Gasteiger partial charge in [0.05, 0.1) is 6.61 Å². The van der Waals surface area contributed by atoms with E-state index in [2.05, 4.69) is 11.4 Å². The Morgan fingerprint density at radius 1 is 0.957 bits per heavy atom. The standard InChI is InChI=1S/C15H31O7P/c1-2-3-4-5-6-7-8-9-10-11-12-15(18,13-16)14(17)22-23(19,20)21/h16,18H,2-13H2,1H3,(H2,19,20,21). The van der Waals surface area contributed by atoms with Crippen molar-refractivity contribution in [2.75, 3.05) is 6.61 Å². The monoisotopic (exact) mass is 354 g/mol. The van der Waals surface area contributed by atoms with Crippen LogP contribution in [0, 0.1) is 0 Å². The van der Waals surface area contributed by atoms with Gasteiger partial charge in [-0.25, -0.2) is 9.36 Å². The minimum atomic E-state index is -5.02. The molecule has 1 unspecified atom stereocenters. The number of aliphatic hydroxyl groups excluding tert-OH is 1. The van der Waals surface area contributed by atoms with Gasteiger partial charge >= 0.3 is 13.8 Å². The number of phosphoric ester groups is 1. The van der Waals surface area contributed by atoms with E-state index in [1.54, 1.807) is 0 Å². The van der Waals surface area contributed by atoms with Gasteiger partial charge in [-0.3, -0.25) is 9.79 Å². The summed E-state index contributed by atoms with van der Waals surface area (Å²) in [6.07, 6.45) is 10.6. The molecule has 0 amide bonds. The van der Waals surface area contributed by atoms with Crippen molar-refractivity contribution in [2.24, 2.45) is 0 Å². The molecule has 0 rings (SSSR count). The molecule has 0 heterocycles. The minimum absolute atomic E-state index is 0.0845. The van der Waals surface area contributed by atoms with Gasteiger partial charge in [-0.05, 0) is 12.8 Å². The highest BCUT2D eigenvalue weighted by Gasteiger charge is 2.40. The second-order valence-electron chi connectivity index (χ2n) is 5.99. The van der Waals surface area contributed by atoms with Crippen LogP contribution in [0.15, 0.2) is 0 Å². The summed E-state index contributed by atoms with van der Waals surface area (Å²) in [4.78, 5) is 28.6. The molecule has 7 nitrogen and oxygen atoms in total. The maximum atomic E-state index is 11.5. The number of rotatable bonds is 14. The molecule has 8 heteroatoms. The van der Waals surface area contributed by atoms with Gasteiger partial charge < -0.3 is 14.7 Å². The predicted octanol–water partition coefficient (Wildman–Crippen LogP) is 2.66. The summed E-state index contributed by atoms with van der Waals surface area (Å²) >= 11 is 0. The number of unbranched alkanes of at least 4 members (excludes halogenated alkanes) is 9. The van der Waals surface area contributed by atoms with Gasteiger partial charge in [0.2, 0.25) is 0 Å². The molecular weight excluding hydrogens is 323 g/mol. The maximum Gasteiger partial charge on any atom is 0.527 e. The van der Waals surface area contributed by atoms with E-state index in [-0.39, 0.29) is 6.42 Å². The van der Waals surface area contributed by atoms with Crippen molar-refractivity contribution in [3.63, 3.8) is 0 Å². The number of carbonyl (C=O) groups is 1. The Kier molecular flexibility index (Phi) is 11.7. The van der Waals surface area contributed by atoms with Crippen LogP contribution in [0.3, 0.4) is 0 Å². The molecule has 1 atom stereocenters. The van der Waals surface area contributed by atoms with Crippen LogP contribution in [0.5, 0.6) is 0 Å². The lowest BCUT2D eigenvalue weighted by atomic mass is 9.96. The predicted molar refractivity (Wildman–Crippen MR) is 86.6 cm³/mol. The molecular formula is C15H31O7P. The smallest absolute Gasteiger partial charge is 0.393 e. The number of carbonyl (C=O) groups excluding carboxylic acids is 1. The normalized spacial score (nSPS) is 14.5. The first-order valence-electron chi connectivity index (χ1n) is 8.38. The zero-order valence-electron chi connectivity index (χ0n) is 13.9. The summed E-state index contributed by atoms with van der Waals surface area (Å²) in [5, 5.41) is 19.0. The second-order valence-corrected chi connectivity index (χ2v) is 7.15. The first kappa shape index (κ1) is 22.5. The fraction of sp³-hybridized carbons (Fsp3) is 0.933. The lowest BCUT2D eigenvalue weighted by Gasteiger charge is -2.23. The van der Waals surface area contributed by atoms with Crippen LogP contribution in [-0.4, -0.2) is 38.2 Å². The van der Waals surface area contributed by atoms with E-state index in [0.29, 0.717) is 6.42 Å². The fourth-order valence-corrected chi connectivity index (χ4v) is 2.73. The molecule has 0 saturated heterocycles. The van der Waals surface area contributed by atoms with E-state index < -0.39 is 26.0 Å². The Hall–Kier alpha value is -0.460. The molecule has 0 fully saturated rings. The zero-order chi connectivity index (χ0) is 17.8. The molecule has 138 valence electrons. The van der Waals surface area contributed by atoms with Gasteiger partial charge in [0.15, 0.2) is 5.60 Å². The topological polar surface area (TPSA) is 124 Å². The van der Waals surface area contributed by atoms with Gasteiger partial charge in [0.1, 0.15) is 0 Å². The second kappa shape index (κ2) is 12.0. The lowest BCUT2D eigenvalue weighted by Crippen LogP contribution is -2.43. The van der Waals surface area contributed by atoms with Crippen LogP contribution < -0.4 is 0 Å². The van der Waals surface area contributed by atoms with Crippen molar-refractivity contribution in [3.05, 3.63) is 0 Å². The van der Waals surface area contributed by atoms with Gasteiger partial charge in [-0.15, -0.1) is 0 Å². The minimum Gasteiger partial charge on any atom is -0.393 e. The summed E-state index contributed by atoms with van der Waals surface area (Å²) < 4.78 is 14.5. The lowest BCUT2D eigenvalue weighted by molar-refractivity contribution is -0.162. The molecule has 0 aromatic heterocycles. The van der Waals surface area contributed by atoms with Crippen LogP contribution in [-0.2, 0) is 13.9 Å². The SMILES string of the molecule is CCCCCCCCCCCCC(O)(CO)C(=O)OP(=O)(O)O. The van der Waals surface area contributed by atoms with Crippen LogP contribution in [0.2, 0.25) is 0 Å². The fourth-order valence-electron chi connectivity index (χ4n) is 2.34. The van der Waals surface area contributed by atoms with Crippen molar-refractivity contribution in [1.29, 1.82) is 0 Å². The summed E-state index contributed by atoms with van der Waals surface area (Å²) in [5.74, 6) is -1.48. The third kappa shape index (κ3) is 11.7. The van der Waals surface area contributed by atoms with Crippen LogP contribution in [0.4, 0.5) is 0 Å². The quantitative estimate of drug-likeness (QED) is 0.279. The first-order chi connectivity index (χ1) is 10.7. The molecule has 23 heavy (non-hydrogen) atoms. The molecule has 0 spiro atoms. The summed E-state index contributed by atoms with van der Waals surface area (Å²) in [6.45, 7) is 1.26. The number of aliphatic hydroxyl groups is 2. The summed E-state index contributed by atoms with van der Waals surface area (Å²) in [7, 11) is -5.02. The van der Waals surface area contributed by atoms with Crippen molar-refractivity contribution in [1.82, 2.24) is 0 Å². The van der Waals surface area contributed by atoms with Gasteiger partial charge in [-0.1, -0.05) is 64.7 Å². The Bertz CT molecular complexity index is 369. The largest absolute Gasteiger partial charge is 0.527 e. The molecule has 0 radical (unpaired) electrons. The highest BCUT2D eigenvalue weighted by atomic mass is 31.2. The average Bonchev–Trinajstić information content (AvgIpc) is 2.47. The van der Waals surface area contributed by atoms with Crippen molar-refractivity contribution in [2.45, 2.75) is 83.2 Å².